The zero-order chi connectivity index (χ0) is 32.8. The van der Waals surface area contributed by atoms with Crippen molar-refractivity contribution in [1.82, 2.24) is 4.98 Å². The fraction of sp³-hybridized carbons (Fsp3) is 0.297. The molecule has 6 rings (SSSR count). The highest BCUT2D eigenvalue weighted by atomic mass is 79.9. The minimum Gasteiger partial charge on any atom is -1.00 e. The molecule has 0 unspecified atom stereocenters. The van der Waals surface area contributed by atoms with Gasteiger partial charge in [-0.3, -0.25) is 19.6 Å². The number of hydrogen-bond acceptors (Lipinski definition) is 6. The smallest absolute Gasteiger partial charge is 0.318 e. The molecule has 3 aromatic carbocycles. The minimum absolute atomic E-state index is 0. The lowest BCUT2D eigenvalue weighted by molar-refractivity contribution is -0.949. The number of pyridine rings is 1. The molecule has 3 heterocycles. The van der Waals surface area contributed by atoms with Gasteiger partial charge in [0.2, 0.25) is 5.91 Å². The molecule has 47 heavy (non-hydrogen) atoms. The van der Waals surface area contributed by atoms with Crippen molar-refractivity contribution in [2.45, 2.75) is 45.7 Å². The maximum Gasteiger partial charge on any atom is 0.318 e. The first-order valence-corrected chi connectivity index (χ1v) is 16.3. The van der Waals surface area contributed by atoms with Gasteiger partial charge in [0, 0.05) is 27.4 Å². The Balaban J connectivity index is 0.000000220. The van der Waals surface area contributed by atoms with Gasteiger partial charge in [0.25, 0.3) is 0 Å². The summed E-state index contributed by atoms with van der Waals surface area (Å²) < 4.78 is 13.6. The summed E-state index contributed by atoms with van der Waals surface area (Å²) in [6.45, 7) is 10.2. The quantitative estimate of drug-likeness (QED) is 0.223. The monoisotopic (exact) mass is 762 g/mol. The zero-order valence-corrected chi connectivity index (χ0v) is 30.4. The van der Waals surface area contributed by atoms with E-state index in [2.05, 4.69) is 66.0 Å². The van der Waals surface area contributed by atoms with Crippen LogP contribution >= 0.6 is 15.9 Å². The number of esters is 1. The molecule has 10 heteroatoms. The molecule has 1 aromatic heterocycles. The van der Waals surface area contributed by atoms with Crippen LogP contribution in [0.2, 0.25) is 0 Å². The molecule has 0 fully saturated rings. The molecule has 0 spiro atoms. The number of amides is 1. The Morgan fingerprint density at radius 2 is 1.57 bits per heavy atom. The highest BCUT2D eigenvalue weighted by Gasteiger charge is 2.35. The van der Waals surface area contributed by atoms with Gasteiger partial charge >= 0.3 is 5.97 Å². The van der Waals surface area contributed by atoms with E-state index in [1.54, 1.807) is 6.20 Å². The van der Waals surface area contributed by atoms with Gasteiger partial charge in [-0.25, -0.2) is 0 Å². The van der Waals surface area contributed by atoms with Crippen LogP contribution < -0.4 is 27.0 Å². The van der Waals surface area contributed by atoms with E-state index < -0.39 is 5.92 Å². The average molecular weight is 765 g/mol. The van der Waals surface area contributed by atoms with E-state index >= 15 is 0 Å². The number of nitrogens with one attached hydrogen (secondary N) is 1. The molecule has 4 aromatic rings. The van der Waals surface area contributed by atoms with Crippen LogP contribution in [0.15, 0.2) is 101 Å². The molecule has 8 nitrogen and oxygen atoms in total. The lowest BCUT2D eigenvalue weighted by Gasteiger charge is -2.42. The predicted octanol–water partition coefficient (Wildman–Crippen LogP) is 4.37. The van der Waals surface area contributed by atoms with Crippen molar-refractivity contribution in [2.75, 3.05) is 32.1 Å². The minimum atomic E-state index is -0.442. The number of carbonyl (C=O) groups is 2. The molecule has 0 saturated carbocycles. The van der Waals surface area contributed by atoms with Crippen molar-refractivity contribution in [3.63, 3.8) is 0 Å². The van der Waals surface area contributed by atoms with Gasteiger partial charge in [-0.15, -0.1) is 0 Å². The molecule has 0 atom stereocenters. The molecule has 1 N–H and O–H groups in total. The highest BCUT2D eigenvalue weighted by Crippen LogP contribution is 2.44. The maximum absolute atomic E-state index is 13.1. The highest BCUT2D eigenvalue weighted by molar-refractivity contribution is 9.10. The van der Waals surface area contributed by atoms with Crippen LogP contribution in [0.4, 0.5) is 5.69 Å². The molecule has 2 aliphatic rings. The van der Waals surface area contributed by atoms with E-state index in [4.69, 9.17) is 9.47 Å². The van der Waals surface area contributed by atoms with Crippen molar-refractivity contribution in [3.8, 4) is 11.5 Å². The summed E-state index contributed by atoms with van der Waals surface area (Å²) in [6.07, 6.45) is 1.72. The Kier molecular flexibility index (Phi) is 12.1. The van der Waals surface area contributed by atoms with Crippen LogP contribution in [0.3, 0.4) is 0 Å². The van der Waals surface area contributed by atoms with Crippen molar-refractivity contribution in [2.24, 2.45) is 4.99 Å². The number of benzene rings is 3. The number of para-hydroxylation sites is 2. The van der Waals surface area contributed by atoms with Gasteiger partial charge in [-0.1, -0.05) is 58.4 Å². The Morgan fingerprint density at radius 1 is 0.957 bits per heavy atom. The Morgan fingerprint density at radius 3 is 2.17 bits per heavy atom. The van der Waals surface area contributed by atoms with Gasteiger partial charge in [0.05, 0.1) is 36.2 Å². The van der Waals surface area contributed by atoms with E-state index in [1.807, 2.05) is 84.9 Å². The second-order valence-corrected chi connectivity index (χ2v) is 13.1. The maximum atomic E-state index is 13.1. The number of fused-ring (bicyclic) bond motifs is 3. The van der Waals surface area contributed by atoms with E-state index in [0.29, 0.717) is 18.7 Å². The third-order valence-electron chi connectivity index (χ3n) is 8.89. The second-order valence-electron chi connectivity index (χ2n) is 12.2. The summed E-state index contributed by atoms with van der Waals surface area (Å²) in [4.78, 5) is 33.4. The molecule has 1 amide bonds. The average Bonchev–Trinajstić information content (AvgIpc) is 3.21. The molecule has 2 aliphatic heterocycles. The number of aromatic nitrogens is 1. The normalized spacial score (nSPS) is 13.7. The van der Waals surface area contributed by atoms with Crippen molar-refractivity contribution >= 4 is 39.2 Å². The van der Waals surface area contributed by atoms with Crippen LogP contribution in [0.25, 0.3) is 0 Å². The summed E-state index contributed by atoms with van der Waals surface area (Å²) in [7, 11) is 2.22. The Bertz CT molecular complexity index is 1690. The summed E-state index contributed by atoms with van der Waals surface area (Å²) in [5, 5.41) is 2.85. The van der Waals surface area contributed by atoms with Gasteiger partial charge in [0.1, 0.15) is 37.1 Å². The molecule has 0 aliphatic carbocycles. The molecule has 246 valence electrons. The molecular formula is C37H40Br2N4O4. The number of likely N-dealkylation sites (N-methyl/N-ethyl adjacent to an activating group) is 1. The predicted molar refractivity (Wildman–Crippen MR) is 185 cm³/mol. The lowest BCUT2D eigenvalue weighted by Crippen LogP contribution is -3.00. The Hall–Kier alpha value is -3.86. The fourth-order valence-electron chi connectivity index (χ4n) is 5.67. The first-order chi connectivity index (χ1) is 22.1. The number of nitrogens with zero attached hydrogens (tertiary/aromatic N) is 3. The second kappa shape index (κ2) is 15.8. The molecule has 0 bridgehead atoms. The number of ether oxygens (including phenoxy) is 2. The van der Waals surface area contributed by atoms with Crippen LogP contribution in [0.5, 0.6) is 11.5 Å². The fourth-order valence-corrected chi connectivity index (χ4v) is 6.03. The third kappa shape index (κ3) is 8.17. The first-order valence-electron chi connectivity index (χ1n) is 15.5. The summed E-state index contributed by atoms with van der Waals surface area (Å²) >= 11 is 3.44. The third-order valence-corrected chi connectivity index (χ3v) is 9.38. The van der Waals surface area contributed by atoms with Crippen LogP contribution in [0, 0.1) is 0 Å². The Labute approximate surface area is 295 Å². The van der Waals surface area contributed by atoms with Crippen LogP contribution in [-0.4, -0.2) is 65.9 Å². The number of hydrogen-bond donors (Lipinski definition) is 1. The number of carbonyl (C=O) groups excluding carboxylic acids is 2. The zero-order valence-electron chi connectivity index (χ0n) is 27.2. The topological polar surface area (TPSA) is 89.9 Å². The molecular weight excluding hydrogens is 724 g/mol. The summed E-state index contributed by atoms with van der Waals surface area (Å²) in [5.74, 6) is 0.682. The van der Waals surface area contributed by atoms with Crippen LogP contribution in [-0.2, 0) is 14.3 Å². The van der Waals surface area contributed by atoms with Gasteiger partial charge in [-0.05, 0) is 70.2 Å². The number of rotatable bonds is 7. The van der Waals surface area contributed by atoms with E-state index in [0.717, 1.165) is 60.8 Å². The number of benzodiazepines with no additional fused rings is 1. The first kappa shape index (κ1) is 36.0. The van der Waals surface area contributed by atoms with Crippen molar-refractivity contribution < 1.29 is 40.5 Å². The molecule has 0 radical (unpaired) electrons. The van der Waals surface area contributed by atoms with Crippen molar-refractivity contribution in [3.05, 3.63) is 118 Å². The number of halogens is 2. The summed E-state index contributed by atoms with van der Waals surface area (Å²) in [5.41, 5.74) is 4.86. The van der Waals surface area contributed by atoms with E-state index in [1.165, 1.54) is 0 Å². The van der Waals surface area contributed by atoms with E-state index in [-0.39, 0.29) is 35.4 Å². The van der Waals surface area contributed by atoms with Gasteiger partial charge < -0.3 is 36.3 Å². The van der Waals surface area contributed by atoms with E-state index in [9.17, 15) is 9.59 Å². The SMILES string of the molecule is CC(C)[N+](C)(CCOC(=O)C1c2ccccc2Oc2ccccc21)C(C)C.O=C1CN=C(c2ccccn2)c2cc(Br)ccc2N1.[Br-]. The number of aliphatic imine (C=N–C) groups is 1. The van der Waals surface area contributed by atoms with Crippen molar-refractivity contribution in [1.29, 1.82) is 0 Å². The summed E-state index contributed by atoms with van der Waals surface area (Å²) in [6, 6.07) is 27.7. The van der Waals surface area contributed by atoms with Gasteiger partial charge in [0.15, 0.2) is 0 Å². The molecule has 0 saturated heterocycles. The lowest BCUT2D eigenvalue weighted by atomic mass is 9.88. The standard InChI is InChI=1S/C23H30NO3.C14H10BrN3O.BrH/c1-16(2)24(5,17(3)4)14-15-26-23(25)22-18-10-6-8-12-20(18)27-21-13-9-7-11-19(21)22;15-9-4-5-11-10(7-9)14(17-8-13(19)18-11)12-3-1-2-6-16-12;/h6-13,16-17,22H,14-15H2,1-5H3;1-7H,8H2,(H,18,19);1H/q+1;;/p-1. The largest absolute Gasteiger partial charge is 1.00 e. The van der Waals surface area contributed by atoms with Crippen LogP contribution in [0.1, 0.15) is 56.0 Å². The number of quaternary nitrogens is 1. The number of anilines is 1. The van der Waals surface area contributed by atoms with Gasteiger partial charge in [-0.2, -0.15) is 0 Å².